The highest BCUT2D eigenvalue weighted by Gasteiger charge is 2.16. The van der Waals surface area contributed by atoms with E-state index in [2.05, 4.69) is 10.3 Å². The Hall–Kier alpha value is -3.48. The molecule has 0 bridgehead atoms. The lowest BCUT2D eigenvalue weighted by atomic mass is 10.1. The van der Waals surface area contributed by atoms with E-state index in [0.717, 1.165) is 37.1 Å². The Balaban J connectivity index is 1.43. The summed E-state index contributed by atoms with van der Waals surface area (Å²) in [4.78, 5) is 41.8. The van der Waals surface area contributed by atoms with Crippen LogP contribution in [0.1, 0.15) is 41.0 Å². The maximum atomic E-state index is 12.8. The molecule has 0 spiro atoms. The minimum atomic E-state index is -0.519. The van der Waals surface area contributed by atoms with Crippen molar-refractivity contribution in [2.75, 3.05) is 6.54 Å². The number of nitrogens with zero attached hydrogens (tertiary/aromatic N) is 2. The SMILES string of the molecule is O=C(CNC(=O)c1ccc2c(=O)n3c(nc2c1)CCCCC3)OCc1ccccc1. The van der Waals surface area contributed by atoms with Gasteiger partial charge in [-0.15, -0.1) is 0 Å². The smallest absolute Gasteiger partial charge is 0.325 e. The number of hydrogen-bond acceptors (Lipinski definition) is 5. The van der Waals surface area contributed by atoms with Gasteiger partial charge in [-0.1, -0.05) is 36.8 Å². The predicted octanol–water partition coefficient (Wildman–Crippen LogP) is 2.60. The number of carbonyl (C=O) groups is 2. The number of rotatable bonds is 5. The Morgan fingerprint density at radius 3 is 2.73 bits per heavy atom. The number of nitrogens with one attached hydrogen (secondary N) is 1. The number of benzene rings is 2. The van der Waals surface area contributed by atoms with Crippen LogP contribution in [-0.2, 0) is 29.1 Å². The third-order valence-corrected chi connectivity index (χ3v) is 5.21. The lowest BCUT2D eigenvalue weighted by molar-refractivity contribution is -0.143. The molecule has 1 amide bonds. The largest absolute Gasteiger partial charge is 0.460 e. The van der Waals surface area contributed by atoms with Gasteiger partial charge in [-0.2, -0.15) is 0 Å². The Labute approximate surface area is 173 Å². The molecule has 0 saturated carbocycles. The zero-order valence-corrected chi connectivity index (χ0v) is 16.6. The summed E-state index contributed by atoms with van der Waals surface area (Å²) >= 11 is 0. The molecule has 0 saturated heterocycles. The van der Waals surface area contributed by atoms with Gasteiger partial charge in [-0.05, 0) is 36.6 Å². The fraction of sp³-hybridized carbons (Fsp3) is 0.304. The Bertz CT molecular complexity index is 1140. The first-order valence-corrected chi connectivity index (χ1v) is 10.1. The van der Waals surface area contributed by atoms with Crippen LogP contribution in [0.5, 0.6) is 0 Å². The van der Waals surface area contributed by atoms with Crippen LogP contribution in [0.15, 0.2) is 53.3 Å². The molecule has 2 heterocycles. The molecular formula is C23H23N3O4. The summed E-state index contributed by atoms with van der Waals surface area (Å²) in [5.41, 5.74) is 1.67. The Kier molecular flexibility index (Phi) is 5.88. The van der Waals surface area contributed by atoms with Gasteiger partial charge in [0.1, 0.15) is 19.0 Å². The number of carbonyl (C=O) groups excluding carboxylic acids is 2. The van der Waals surface area contributed by atoms with E-state index in [1.54, 1.807) is 22.8 Å². The van der Waals surface area contributed by atoms with E-state index >= 15 is 0 Å². The molecule has 0 aliphatic carbocycles. The molecular weight excluding hydrogens is 382 g/mol. The van der Waals surface area contributed by atoms with Gasteiger partial charge in [0.2, 0.25) is 0 Å². The van der Waals surface area contributed by atoms with Crippen molar-refractivity contribution in [3.63, 3.8) is 0 Å². The van der Waals surface area contributed by atoms with Gasteiger partial charge in [0.15, 0.2) is 0 Å². The molecule has 0 fully saturated rings. The summed E-state index contributed by atoms with van der Waals surface area (Å²) in [6.07, 6.45) is 3.81. The molecule has 1 aliphatic heterocycles. The molecule has 30 heavy (non-hydrogen) atoms. The van der Waals surface area contributed by atoms with Crippen LogP contribution in [-0.4, -0.2) is 28.0 Å². The van der Waals surface area contributed by atoms with Crippen molar-refractivity contribution < 1.29 is 14.3 Å². The van der Waals surface area contributed by atoms with Crippen LogP contribution >= 0.6 is 0 Å². The maximum Gasteiger partial charge on any atom is 0.325 e. The minimum Gasteiger partial charge on any atom is -0.460 e. The summed E-state index contributed by atoms with van der Waals surface area (Å²) in [5.74, 6) is -0.160. The van der Waals surface area contributed by atoms with E-state index in [4.69, 9.17) is 4.74 Å². The lowest BCUT2D eigenvalue weighted by Crippen LogP contribution is -2.30. The van der Waals surface area contributed by atoms with Crippen LogP contribution in [0.4, 0.5) is 0 Å². The second kappa shape index (κ2) is 8.90. The first kappa shape index (κ1) is 19.8. The molecule has 7 heteroatoms. The molecule has 2 aromatic carbocycles. The number of ether oxygens (including phenoxy) is 1. The second-order valence-corrected chi connectivity index (χ2v) is 7.36. The molecule has 0 unspecified atom stereocenters. The van der Waals surface area contributed by atoms with E-state index in [1.165, 1.54) is 0 Å². The van der Waals surface area contributed by atoms with Crippen LogP contribution < -0.4 is 10.9 Å². The highest BCUT2D eigenvalue weighted by Crippen LogP contribution is 2.16. The summed E-state index contributed by atoms with van der Waals surface area (Å²) < 4.78 is 6.91. The summed E-state index contributed by atoms with van der Waals surface area (Å²) in [7, 11) is 0. The molecule has 1 aromatic heterocycles. The molecule has 1 aliphatic rings. The summed E-state index contributed by atoms with van der Waals surface area (Å²) in [6.45, 7) is 0.610. The number of aromatic nitrogens is 2. The van der Waals surface area contributed by atoms with Crippen molar-refractivity contribution >= 4 is 22.8 Å². The highest BCUT2D eigenvalue weighted by atomic mass is 16.5. The predicted molar refractivity (Wildman–Crippen MR) is 112 cm³/mol. The minimum absolute atomic E-state index is 0.0617. The quantitative estimate of drug-likeness (QED) is 0.659. The van der Waals surface area contributed by atoms with Crippen molar-refractivity contribution in [1.29, 1.82) is 0 Å². The molecule has 3 aromatic rings. The van der Waals surface area contributed by atoms with E-state index in [-0.39, 0.29) is 18.7 Å². The van der Waals surface area contributed by atoms with Gasteiger partial charge >= 0.3 is 5.97 Å². The number of hydrogen-bond donors (Lipinski definition) is 1. The zero-order chi connectivity index (χ0) is 20.9. The monoisotopic (exact) mass is 405 g/mol. The average molecular weight is 405 g/mol. The number of fused-ring (bicyclic) bond motifs is 2. The third-order valence-electron chi connectivity index (χ3n) is 5.21. The lowest BCUT2D eigenvalue weighted by Gasteiger charge is -2.11. The maximum absolute atomic E-state index is 12.8. The van der Waals surface area contributed by atoms with Gasteiger partial charge in [-0.3, -0.25) is 19.0 Å². The zero-order valence-electron chi connectivity index (χ0n) is 16.6. The number of aryl methyl sites for hydroxylation is 1. The van der Waals surface area contributed by atoms with Crippen molar-refractivity contribution in [1.82, 2.24) is 14.9 Å². The van der Waals surface area contributed by atoms with Crippen molar-refractivity contribution in [3.8, 4) is 0 Å². The molecule has 154 valence electrons. The normalized spacial score (nSPS) is 13.3. The summed E-state index contributed by atoms with van der Waals surface area (Å²) in [6, 6.07) is 14.1. The topological polar surface area (TPSA) is 90.3 Å². The van der Waals surface area contributed by atoms with Crippen molar-refractivity contribution in [3.05, 3.63) is 75.8 Å². The van der Waals surface area contributed by atoms with Gasteiger partial charge in [0.25, 0.3) is 11.5 Å². The van der Waals surface area contributed by atoms with Gasteiger partial charge in [-0.25, -0.2) is 4.98 Å². The fourth-order valence-corrected chi connectivity index (χ4v) is 3.60. The van der Waals surface area contributed by atoms with Gasteiger partial charge in [0, 0.05) is 18.5 Å². The highest BCUT2D eigenvalue weighted by molar-refractivity contribution is 5.98. The van der Waals surface area contributed by atoms with Crippen LogP contribution in [0.25, 0.3) is 10.9 Å². The Morgan fingerprint density at radius 2 is 1.90 bits per heavy atom. The molecule has 1 N–H and O–H groups in total. The van der Waals surface area contributed by atoms with Gasteiger partial charge in [0.05, 0.1) is 10.9 Å². The average Bonchev–Trinajstić information content (AvgIpc) is 3.02. The standard InChI is InChI=1S/C23H23N3O4/c27-21(30-15-16-7-3-1-4-8-16)14-24-22(28)17-10-11-18-19(13-17)25-20-9-5-2-6-12-26(20)23(18)29/h1,3-4,7-8,10-11,13H,2,5-6,9,12,14-15H2,(H,24,28). The number of esters is 1. The van der Waals surface area contributed by atoms with Crippen LogP contribution in [0, 0.1) is 0 Å². The summed E-state index contributed by atoms with van der Waals surface area (Å²) in [5, 5.41) is 3.06. The van der Waals surface area contributed by atoms with E-state index < -0.39 is 11.9 Å². The van der Waals surface area contributed by atoms with Crippen molar-refractivity contribution in [2.24, 2.45) is 0 Å². The third kappa shape index (κ3) is 4.40. The molecule has 0 atom stereocenters. The van der Waals surface area contributed by atoms with Crippen molar-refractivity contribution in [2.45, 2.75) is 38.8 Å². The van der Waals surface area contributed by atoms with Crippen LogP contribution in [0.3, 0.4) is 0 Å². The fourth-order valence-electron chi connectivity index (χ4n) is 3.60. The Morgan fingerprint density at radius 1 is 1.07 bits per heavy atom. The van der Waals surface area contributed by atoms with E-state index in [1.807, 2.05) is 30.3 Å². The molecule has 4 rings (SSSR count). The van der Waals surface area contributed by atoms with Crippen LogP contribution in [0.2, 0.25) is 0 Å². The number of amides is 1. The molecule has 7 nitrogen and oxygen atoms in total. The first-order chi connectivity index (χ1) is 14.6. The van der Waals surface area contributed by atoms with E-state index in [0.29, 0.717) is 23.0 Å². The van der Waals surface area contributed by atoms with E-state index in [9.17, 15) is 14.4 Å². The van der Waals surface area contributed by atoms with Gasteiger partial charge < -0.3 is 10.1 Å². The first-order valence-electron chi connectivity index (χ1n) is 10.1. The second-order valence-electron chi connectivity index (χ2n) is 7.36. The molecule has 0 radical (unpaired) electrons.